The molecule has 0 radical (unpaired) electrons. The summed E-state index contributed by atoms with van der Waals surface area (Å²) in [6.45, 7) is 8.74. The third kappa shape index (κ3) is 9.54. The Labute approximate surface area is 306 Å². The summed E-state index contributed by atoms with van der Waals surface area (Å²) >= 11 is 0. The topological polar surface area (TPSA) is 158 Å². The molecule has 5 rings (SSSR count). The van der Waals surface area contributed by atoms with Crippen molar-refractivity contribution in [3.8, 4) is 16.9 Å². The number of anilines is 3. The highest BCUT2D eigenvalue weighted by atomic mass is 32.2. The molecule has 2 amide bonds. The molecule has 2 unspecified atom stereocenters. The summed E-state index contributed by atoms with van der Waals surface area (Å²) in [5.74, 6) is -1.81. The zero-order valence-corrected chi connectivity index (χ0v) is 31.1. The number of halogens is 1. The van der Waals surface area contributed by atoms with Crippen LogP contribution >= 0.6 is 0 Å². The van der Waals surface area contributed by atoms with Gasteiger partial charge in [0.05, 0.1) is 30.0 Å². The number of nitrogens with zero attached hydrogens (tertiary/aromatic N) is 4. The van der Waals surface area contributed by atoms with Crippen LogP contribution in [0.15, 0.2) is 90.0 Å². The lowest BCUT2D eigenvalue weighted by Crippen LogP contribution is -2.33. The Balaban J connectivity index is 1.42. The molecular weight excluding hydrogens is 706 g/mol. The van der Waals surface area contributed by atoms with Crippen LogP contribution in [-0.4, -0.2) is 60.6 Å². The van der Waals surface area contributed by atoms with Gasteiger partial charge in [0.15, 0.2) is 15.5 Å². The number of amides is 2. The highest BCUT2D eigenvalue weighted by Gasteiger charge is 2.30. The van der Waals surface area contributed by atoms with Gasteiger partial charge in [-0.3, -0.25) is 9.59 Å². The molecule has 0 spiro atoms. The number of nitrogens with one attached hydrogen (secondary N) is 1. The van der Waals surface area contributed by atoms with Crippen molar-refractivity contribution in [1.82, 2.24) is 14.6 Å². The smallest absolute Gasteiger partial charge is 0.424 e. The molecule has 5 aromatic rings. The van der Waals surface area contributed by atoms with Crippen LogP contribution in [0.2, 0.25) is 0 Å². The van der Waals surface area contributed by atoms with Gasteiger partial charge in [-0.25, -0.2) is 27.0 Å². The first-order valence-electron chi connectivity index (χ1n) is 16.5. The molecule has 0 saturated carbocycles. The lowest BCUT2D eigenvalue weighted by molar-refractivity contribution is -0.166. The Kier molecular flexibility index (Phi) is 11.2. The number of aromatic nitrogens is 3. The molecule has 0 aliphatic rings. The van der Waals surface area contributed by atoms with E-state index in [1.165, 1.54) is 48.9 Å². The van der Waals surface area contributed by atoms with Crippen LogP contribution in [0.25, 0.3) is 16.8 Å². The molecule has 1 N–H and O–H groups in total. The maximum atomic E-state index is 13.8. The van der Waals surface area contributed by atoms with Gasteiger partial charge in [-0.2, -0.15) is 4.98 Å². The third-order valence-corrected chi connectivity index (χ3v) is 9.12. The first-order chi connectivity index (χ1) is 24.9. The van der Waals surface area contributed by atoms with Crippen LogP contribution in [0.5, 0.6) is 5.75 Å². The fourth-order valence-corrected chi connectivity index (χ4v) is 5.91. The van der Waals surface area contributed by atoms with Crippen LogP contribution in [-0.2, 0) is 28.9 Å². The molecule has 3 aromatic carbocycles. The van der Waals surface area contributed by atoms with E-state index in [0.29, 0.717) is 16.9 Å². The highest BCUT2D eigenvalue weighted by molar-refractivity contribution is 7.90. The second kappa shape index (κ2) is 15.4. The van der Waals surface area contributed by atoms with Gasteiger partial charge in [-0.15, -0.1) is 5.10 Å². The number of rotatable bonds is 11. The number of methoxy groups -OCH3 is 1. The third-order valence-electron chi connectivity index (χ3n) is 8.01. The van der Waals surface area contributed by atoms with E-state index in [1.54, 1.807) is 49.5 Å². The van der Waals surface area contributed by atoms with Gasteiger partial charge in [0.1, 0.15) is 11.6 Å². The fourth-order valence-electron chi connectivity index (χ4n) is 5.28. The van der Waals surface area contributed by atoms with E-state index < -0.39 is 34.1 Å². The second-order valence-electron chi connectivity index (χ2n) is 13.6. The second-order valence-corrected chi connectivity index (χ2v) is 15.6. The van der Waals surface area contributed by atoms with Gasteiger partial charge in [-0.1, -0.05) is 45.0 Å². The van der Waals surface area contributed by atoms with Crippen molar-refractivity contribution in [2.24, 2.45) is 5.41 Å². The summed E-state index contributed by atoms with van der Waals surface area (Å²) in [7, 11) is -2.31. The molecule has 53 heavy (non-hydrogen) atoms. The monoisotopic (exact) mass is 745 g/mol. The summed E-state index contributed by atoms with van der Waals surface area (Å²) in [5, 5.41) is 7.42. The highest BCUT2D eigenvalue weighted by Crippen LogP contribution is 2.36. The van der Waals surface area contributed by atoms with Gasteiger partial charge in [0.25, 0.3) is 5.95 Å². The predicted molar refractivity (Wildman–Crippen MR) is 196 cm³/mol. The summed E-state index contributed by atoms with van der Waals surface area (Å²) in [6.07, 6.45) is 0.518. The Morgan fingerprint density at radius 2 is 1.58 bits per heavy atom. The van der Waals surface area contributed by atoms with Crippen molar-refractivity contribution >= 4 is 50.8 Å². The average Bonchev–Trinajstić information content (AvgIpc) is 3.50. The van der Waals surface area contributed by atoms with Gasteiger partial charge in [0.2, 0.25) is 12.2 Å². The van der Waals surface area contributed by atoms with Gasteiger partial charge >= 0.3 is 12.1 Å². The van der Waals surface area contributed by atoms with E-state index in [0.717, 1.165) is 22.3 Å². The van der Waals surface area contributed by atoms with E-state index in [4.69, 9.17) is 14.2 Å². The van der Waals surface area contributed by atoms with Crippen molar-refractivity contribution in [2.45, 2.75) is 58.1 Å². The molecular formula is C38H40FN5O8S. The molecule has 15 heteroatoms. The summed E-state index contributed by atoms with van der Waals surface area (Å²) in [4.78, 5) is 44.6. The molecule has 0 aliphatic carbocycles. The molecule has 13 nitrogen and oxygen atoms in total. The van der Waals surface area contributed by atoms with E-state index in [9.17, 15) is 27.2 Å². The predicted octanol–water partition coefficient (Wildman–Crippen LogP) is 7.29. The summed E-state index contributed by atoms with van der Waals surface area (Å²) in [6, 6.07) is 20.4. The van der Waals surface area contributed by atoms with Crippen molar-refractivity contribution in [2.75, 3.05) is 23.6 Å². The van der Waals surface area contributed by atoms with Crippen molar-refractivity contribution < 1.29 is 41.4 Å². The molecule has 2 aromatic heterocycles. The number of ether oxygens (including phenoxy) is 3. The molecule has 0 saturated heterocycles. The van der Waals surface area contributed by atoms with Gasteiger partial charge < -0.3 is 19.5 Å². The number of benzene rings is 3. The number of esters is 1. The van der Waals surface area contributed by atoms with Crippen molar-refractivity contribution in [3.05, 3.63) is 96.4 Å². The quantitative estimate of drug-likeness (QED) is 0.108. The Morgan fingerprint density at radius 1 is 0.925 bits per heavy atom. The number of carbonyl (C=O) groups excluding carboxylic acids is 3. The minimum absolute atomic E-state index is 0.0149. The summed E-state index contributed by atoms with van der Waals surface area (Å²) < 4.78 is 55.7. The molecule has 0 bridgehead atoms. The number of pyridine rings is 1. The Hall–Kier alpha value is -5.83. The Morgan fingerprint density at radius 3 is 2.21 bits per heavy atom. The lowest BCUT2D eigenvalue weighted by Gasteiger charge is -2.24. The molecule has 2 atom stereocenters. The maximum absolute atomic E-state index is 13.8. The lowest BCUT2D eigenvalue weighted by atomic mass is 9.92. The van der Waals surface area contributed by atoms with Crippen LogP contribution in [0.4, 0.5) is 26.5 Å². The molecule has 0 aliphatic heterocycles. The number of fused-ring (bicyclic) bond motifs is 1. The van der Waals surface area contributed by atoms with E-state index in [-0.39, 0.29) is 45.8 Å². The summed E-state index contributed by atoms with van der Waals surface area (Å²) in [5.41, 5.74) is 2.84. The van der Waals surface area contributed by atoms with Crippen LogP contribution in [0.3, 0.4) is 0 Å². The van der Waals surface area contributed by atoms with Crippen molar-refractivity contribution in [3.63, 3.8) is 0 Å². The number of hydrogen-bond acceptors (Lipinski definition) is 10. The van der Waals surface area contributed by atoms with E-state index in [1.807, 2.05) is 32.9 Å². The van der Waals surface area contributed by atoms with Crippen LogP contribution in [0, 0.1) is 11.2 Å². The first-order valence-corrected chi connectivity index (χ1v) is 18.4. The minimum Gasteiger partial charge on any atom is -0.495 e. The van der Waals surface area contributed by atoms with Gasteiger partial charge in [0, 0.05) is 36.7 Å². The SMILES string of the molecule is COc1cc(S(C)(=O)=O)ccc1N(C(=O)OC(C)OC(=O)CC(C)(C)C)c1nc2ccc(-c3ccc(NC(=O)C(C)c4ccc(F)cc4)cc3)cn2n1. The first kappa shape index (κ1) is 38.4. The fraction of sp³-hybridized carbons (Fsp3) is 0.289. The number of carbonyl (C=O) groups is 3. The Bertz CT molecular complexity index is 2250. The number of hydrogen-bond donors (Lipinski definition) is 1. The molecule has 0 fully saturated rings. The maximum Gasteiger partial charge on any atom is 0.424 e. The van der Waals surface area contributed by atoms with Crippen LogP contribution < -0.4 is 15.0 Å². The zero-order chi connectivity index (χ0) is 38.7. The van der Waals surface area contributed by atoms with E-state index in [2.05, 4.69) is 15.4 Å². The number of sulfone groups is 1. The average molecular weight is 746 g/mol. The van der Waals surface area contributed by atoms with E-state index >= 15 is 0 Å². The standard InChI is InChI=1S/C38H40FN5O8S/c1-23(25-8-13-28(39)14-9-25)35(46)40-29-15-10-26(11-16-29)27-12-19-33-41-36(42-43(33)22-27)44(31-18-17-30(53(7,48)49)20-32(31)50-6)37(47)52-24(2)51-34(45)21-38(3,4)5/h8-20,22-24H,21H2,1-7H3,(H,40,46). The van der Waals surface area contributed by atoms with Crippen molar-refractivity contribution in [1.29, 1.82) is 0 Å². The molecule has 278 valence electrons. The van der Waals surface area contributed by atoms with Gasteiger partial charge in [-0.05, 0) is 72.0 Å². The minimum atomic E-state index is -3.63. The molecule has 2 heterocycles. The zero-order valence-electron chi connectivity index (χ0n) is 30.3. The largest absolute Gasteiger partial charge is 0.495 e. The normalized spacial score (nSPS) is 12.8. The van der Waals surface area contributed by atoms with Crippen LogP contribution in [0.1, 0.15) is 52.5 Å².